The van der Waals surface area contributed by atoms with E-state index >= 15 is 0 Å². The molecule has 0 aliphatic heterocycles. The molecule has 0 aromatic rings. The molecule has 0 radical (unpaired) electrons. The van der Waals surface area contributed by atoms with E-state index in [0.29, 0.717) is 6.61 Å². The van der Waals surface area contributed by atoms with Crippen molar-refractivity contribution in [3.63, 3.8) is 0 Å². The zero-order valence-corrected chi connectivity index (χ0v) is 10.6. The zero-order chi connectivity index (χ0) is 9.61. The van der Waals surface area contributed by atoms with Crippen LogP contribution < -0.4 is 0 Å². The van der Waals surface area contributed by atoms with Gasteiger partial charge in [-0.1, -0.05) is 13.0 Å². The summed E-state index contributed by atoms with van der Waals surface area (Å²) in [6, 6.07) is 1.21. The summed E-state index contributed by atoms with van der Waals surface area (Å²) in [7, 11) is 1.20. The van der Waals surface area contributed by atoms with Crippen LogP contribution in [0.5, 0.6) is 0 Å². The summed E-state index contributed by atoms with van der Waals surface area (Å²) in [5.41, 5.74) is -0.300. The van der Waals surface area contributed by atoms with E-state index in [1.165, 1.54) is 16.3 Å². The lowest BCUT2D eigenvalue weighted by Crippen LogP contribution is -2.26. The minimum Gasteiger partial charge on any atom is -0.465 e. The van der Waals surface area contributed by atoms with Gasteiger partial charge in [0.1, 0.15) is 0 Å². The Kier molecular flexibility index (Phi) is 5.21. The molecule has 0 saturated carbocycles. The molecule has 0 aliphatic rings. The molecule has 12 heavy (non-hydrogen) atoms. The van der Waals surface area contributed by atoms with Gasteiger partial charge in [-0.25, -0.2) is 0 Å². The maximum absolute atomic E-state index is 11.4. The first-order chi connectivity index (χ1) is 5.54. The van der Waals surface area contributed by atoms with Crippen LogP contribution in [0, 0.1) is 5.41 Å². The van der Waals surface area contributed by atoms with Crippen LogP contribution in [0.25, 0.3) is 0 Å². The van der Waals surface area contributed by atoms with E-state index in [-0.39, 0.29) is 11.4 Å². The number of rotatable bonds is 5. The predicted molar refractivity (Wildman–Crippen MR) is 54.4 cm³/mol. The summed E-state index contributed by atoms with van der Waals surface area (Å²) in [5.74, 6) is -0.0554. The van der Waals surface area contributed by atoms with E-state index in [9.17, 15) is 4.79 Å². The molecule has 0 amide bonds. The van der Waals surface area contributed by atoms with Crippen LogP contribution >= 0.6 is 0 Å². The molecule has 0 aromatic heterocycles. The second-order valence-electron chi connectivity index (χ2n) is 3.73. The fourth-order valence-electron chi connectivity index (χ4n) is 0.649. The van der Waals surface area contributed by atoms with Crippen molar-refractivity contribution in [3.8, 4) is 0 Å². The SMILES string of the molecule is CCC(C)(C)C(=O)OCCC[SiH3]. The summed E-state index contributed by atoms with van der Waals surface area (Å²) in [6.45, 7) is 6.46. The molecule has 2 nitrogen and oxygen atoms in total. The Labute approximate surface area is 78.1 Å². The van der Waals surface area contributed by atoms with Gasteiger partial charge < -0.3 is 4.74 Å². The van der Waals surface area contributed by atoms with Crippen LogP contribution in [0.3, 0.4) is 0 Å². The summed E-state index contributed by atoms with van der Waals surface area (Å²) >= 11 is 0. The van der Waals surface area contributed by atoms with Crippen molar-refractivity contribution in [2.24, 2.45) is 5.41 Å². The first kappa shape index (κ1) is 11.7. The molecule has 0 N–H and O–H groups in total. The van der Waals surface area contributed by atoms with Gasteiger partial charge in [-0.3, -0.25) is 4.79 Å². The van der Waals surface area contributed by atoms with Crippen molar-refractivity contribution in [1.29, 1.82) is 0 Å². The van der Waals surface area contributed by atoms with Gasteiger partial charge in [0.2, 0.25) is 0 Å². The molecule has 72 valence electrons. The van der Waals surface area contributed by atoms with E-state index < -0.39 is 0 Å². The van der Waals surface area contributed by atoms with Gasteiger partial charge in [-0.15, -0.1) is 0 Å². The molecule has 0 aliphatic carbocycles. The highest BCUT2D eigenvalue weighted by molar-refractivity contribution is 6.08. The maximum atomic E-state index is 11.4. The Morgan fingerprint density at radius 3 is 2.50 bits per heavy atom. The highest BCUT2D eigenvalue weighted by Gasteiger charge is 2.26. The van der Waals surface area contributed by atoms with Gasteiger partial charge >= 0.3 is 5.97 Å². The van der Waals surface area contributed by atoms with Gasteiger partial charge in [0.15, 0.2) is 0 Å². The minimum atomic E-state index is -0.300. The van der Waals surface area contributed by atoms with Crippen LogP contribution in [0.1, 0.15) is 33.6 Å². The molecule has 3 heteroatoms. The van der Waals surface area contributed by atoms with Crippen LogP contribution in [0.2, 0.25) is 6.04 Å². The van der Waals surface area contributed by atoms with Crippen molar-refractivity contribution >= 4 is 16.2 Å². The third kappa shape index (κ3) is 3.90. The Bertz CT molecular complexity index is 143. The van der Waals surface area contributed by atoms with E-state index in [1.807, 2.05) is 20.8 Å². The lowest BCUT2D eigenvalue weighted by atomic mass is 9.91. The molecule has 0 unspecified atom stereocenters. The Balaban J connectivity index is 3.72. The normalized spacial score (nSPS) is 11.6. The fourth-order valence-corrected chi connectivity index (χ4v) is 0.938. The highest BCUT2D eigenvalue weighted by atomic mass is 28.1. The van der Waals surface area contributed by atoms with Crippen LogP contribution in [0.4, 0.5) is 0 Å². The van der Waals surface area contributed by atoms with E-state index in [1.54, 1.807) is 0 Å². The van der Waals surface area contributed by atoms with E-state index in [0.717, 1.165) is 12.8 Å². The van der Waals surface area contributed by atoms with Crippen LogP contribution in [-0.4, -0.2) is 22.8 Å². The van der Waals surface area contributed by atoms with Crippen molar-refractivity contribution in [1.82, 2.24) is 0 Å². The van der Waals surface area contributed by atoms with Crippen molar-refractivity contribution in [3.05, 3.63) is 0 Å². The molecule has 0 bridgehead atoms. The molecular formula is C9H20O2Si. The quantitative estimate of drug-likeness (QED) is 0.367. The lowest BCUT2D eigenvalue weighted by Gasteiger charge is -2.20. The van der Waals surface area contributed by atoms with E-state index in [4.69, 9.17) is 4.74 Å². The Hall–Kier alpha value is -0.313. The third-order valence-electron chi connectivity index (χ3n) is 2.17. The average Bonchev–Trinajstić information content (AvgIpc) is 2.05. The van der Waals surface area contributed by atoms with Gasteiger partial charge in [0.25, 0.3) is 0 Å². The van der Waals surface area contributed by atoms with Gasteiger partial charge in [0, 0.05) is 10.2 Å². The van der Waals surface area contributed by atoms with Crippen molar-refractivity contribution < 1.29 is 9.53 Å². The molecule has 0 fully saturated rings. The number of ether oxygens (including phenoxy) is 1. The van der Waals surface area contributed by atoms with E-state index in [2.05, 4.69) is 0 Å². The summed E-state index contributed by atoms with van der Waals surface area (Å²) in [6.07, 6.45) is 1.87. The molecular weight excluding hydrogens is 168 g/mol. The summed E-state index contributed by atoms with van der Waals surface area (Å²) < 4.78 is 5.12. The lowest BCUT2D eigenvalue weighted by molar-refractivity contribution is -0.154. The van der Waals surface area contributed by atoms with Gasteiger partial charge in [-0.05, 0) is 26.7 Å². The molecule has 0 spiro atoms. The molecule has 0 heterocycles. The fraction of sp³-hybridized carbons (Fsp3) is 0.889. The highest BCUT2D eigenvalue weighted by Crippen LogP contribution is 2.21. The van der Waals surface area contributed by atoms with Gasteiger partial charge in [0.05, 0.1) is 12.0 Å². The van der Waals surface area contributed by atoms with Crippen LogP contribution in [0.15, 0.2) is 0 Å². The minimum absolute atomic E-state index is 0.0554. The Morgan fingerprint density at radius 1 is 1.50 bits per heavy atom. The molecule has 0 saturated heterocycles. The summed E-state index contributed by atoms with van der Waals surface area (Å²) in [5, 5.41) is 0. The number of hydrogen-bond acceptors (Lipinski definition) is 2. The van der Waals surface area contributed by atoms with Crippen molar-refractivity contribution in [2.45, 2.75) is 39.7 Å². The van der Waals surface area contributed by atoms with Crippen LogP contribution in [-0.2, 0) is 9.53 Å². The number of carbonyl (C=O) groups is 1. The monoisotopic (exact) mass is 188 g/mol. The average molecular weight is 188 g/mol. The predicted octanol–water partition coefficient (Wildman–Crippen LogP) is 1.14. The molecule has 0 rings (SSSR count). The standard InChI is InChI=1S/C9H20O2Si/c1-4-9(2,3)8(10)11-6-5-7-12/h4-7H2,1-3,12H3. The number of carbonyl (C=O) groups excluding carboxylic acids is 1. The maximum Gasteiger partial charge on any atom is 0.311 e. The first-order valence-corrected chi connectivity index (χ1v) is 6.13. The largest absolute Gasteiger partial charge is 0.465 e. The molecule has 0 aromatic carbocycles. The first-order valence-electron chi connectivity index (χ1n) is 4.71. The Morgan fingerprint density at radius 2 is 2.08 bits per heavy atom. The zero-order valence-electron chi connectivity index (χ0n) is 8.64. The third-order valence-corrected chi connectivity index (χ3v) is 2.87. The smallest absolute Gasteiger partial charge is 0.311 e. The summed E-state index contributed by atoms with van der Waals surface area (Å²) in [4.78, 5) is 11.4. The van der Waals surface area contributed by atoms with Gasteiger partial charge in [-0.2, -0.15) is 0 Å². The number of esters is 1. The second-order valence-corrected chi connectivity index (χ2v) is 4.73. The second kappa shape index (κ2) is 5.35. The molecule has 0 atom stereocenters. The van der Waals surface area contributed by atoms with Crippen molar-refractivity contribution in [2.75, 3.05) is 6.61 Å². The topological polar surface area (TPSA) is 26.3 Å². The number of hydrogen-bond donors (Lipinski definition) is 0.